The average Bonchev–Trinajstić information content (AvgIpc) is 3.48. The Morgan fingerprint density at radius 3 is 2.59 bits per heavy atom. The summed E-state index contributed by atoms with van der Waals surface area (Å²) in [5.41, 5.74) is 0.869. The maximum absolute atomic E-state index is 12.6. The molecule has 0 radical (unpaired) electrons. The van der Waals surface area contributed by atoms with Gasteiger partial charge >= 0.3 is 0 Å². The summed E-state index contributed by atoms with van der Waals surface area (Å²) in [5, 5.41) is 22.4. The van der Waals surface area contributed by atoms with Crippen molar-refractivity contribution in [2.75, 3.05) is 6.54 Å². The third-order valence-electron chi connectivity index (χ3n) is 4.19. The molecule has 1 aromatic carbocycles. The molecule has 0 aliphatic rings. The van der Waals surface area contributed by atoms with E-state index in [1.807, 2.05) is 64.7 Å². The first-order valence-electron chi connectivity index (χ1n) is 8.25. The first kappa shape index (κ1) is 18.1. The summed E-state index contributed by atoms with van der Waals surface area (Å²) in [5.74, 6) is -0.293. The molecule has 3 heterocycles. The van der Waals surface area contributed by atoms with Crippen molar-refractivity contribution < 1.29 is 9.90 Å². The second-order valence-electron chi connectivity index (χ2n) is 5.94. The van der Waals surface area contributed by atoms with Crippen molar-refractivity contribution in [3.8, 4) is 10.6 Å². The molecule has 7 heteroatoms. The molecule has 0 saturated carbocycles. The summed E-state index contributed by atoms with van der Waals surface area (Å²) in [6.45, 7) is 0.0846. The predicted octanol–water partition coefficient (Wildman–Crippen LogP) is 4.60. The number of rotatable bonds is 6. The summed E-state index contributed by atoms with van der Waals surface area (Å²) in [4.78, 5) is 17.8. The fourth-order valence-electron chi connectivity index (χ4n) is 2.74. The van der Waals surface area contributed by atoms with Crippen molar-refractivity contribution in [3.63, 3.8) is 0 Å². The van der Waals surface area contributed by atoms with Crippen molar-refractivity contribution in [3.05, 3.63) is 86.2 Å². The van der Waals surface area contributed by atoms with Gasteiger partial charge in [0.15, 0.2) is 0 Å². The molecule has 3 aromatic heterocycles. The number of carbonyl (C=O) groups is 1. The van der Waals surface area contributed by atoms with E-state index in [0.717, 1.165) is 21.0 Å². The van der Waals surface area contributed by atoms with Gasteiger partial charge in [0.2, 0.25) is 0 Å². The smallest absolute Gasteiger partial charge is 0.270 e. The first-order valence-corrected chi connectivity index (χ1v) is 11.0. The number of hydrogen-bond acceptors (Lipinski definition) is 6. The average molecular weight is 413 g/mol. The van der Waals surface area contributed by atoms with Gasteiger partial charge in [0.05, 0.1) is 6.54 Å². The van der Waals surface area contributed by atoms with Crippen LogP contribution in [0.25, 0.3) is 10.6 Å². The van der Waals surface area contributed by atoms with Gasteiger partial charge in [-0.2, -0.15) is 11.3 Å². The van der Waals surface area contributed by atoms with E-state index in [0.29, 0.717) is 5.69 Å². The van der Waals surface area contributed by atoms with Gasteiger partial charge in [0.25, 0.3) is 5.91 Å². The van der Waals surface area contributed by atoms with Gasteiger partial charge in [0.1, 0.15) is 16.3 Å². The van der Waals surface area contributed by atoms with Gasteiger partial charge in [-0.1, -0.05) is 36.4 Å². The monoisotopic (exact) mass is 412 g/mol. The van der Waals surface area contributed by atoms with Crippen LogP contribution in [0.3, 0.4) is 0 Å². The Hall–Kier alpha value is -2.32. The lowest BCUT2D eigenvalue weighted by Crippen LogP contribution is -2.41. The van der Waals surface area contributed by atoms with E-state index < -0.39 is 5.60 Å². The van der Waals surface area contributed by atoms with Crippen molar-refractivity contribution >= 4 is 39.9 Å². The standard InChI is InChI=1S/C20H16N2O2S3/c23-18(16-12-27-19(22-16)14-5-2-1-3-6-14)21-13-20(24,15-8-10-25-11-15)17-7-4-9-26-17/h1-12,24H,13H2,(H,21,23)/t20-/m1/s1. The van der Waals surface area contributed by atoms with Crippen molar-refractivity contribution in [2.45, 2.75) is 5.60 Å². The van der Waals surface area contributed by atoms with Gasteiger partial charge in [-0.3, -0.25) is 4.79 Å². The Morgan fingerprint density at radius 2 is 1.89 bits per heavy atom. The largest absolute Gasteiger partial charge is 0.378 e. The number of nitrogens with one attached hydrogen (secondary N) is 1. The van der Waals surface area contributed by atoms with Crippen LogP contribution in [0.5, 0.6) is 0 Å². The number of thiazole rings is 1. The lowest BCUT2D eigenvalue weighted by Gasteiger charge is -2.26. The number of thiophene rings is 2. The summed E-state index contributed by atoms with van der Waals surface area (Å²) in [6.07, 6.45) is 0. The highest BCUT2D eigenvalue weighted by Gasteiger charge is 2.34. The fraction of sp³-hybridized carbons (Fsp3) is 0.100. The summed E-state index contributed by atoms with van der Waals surface area (Å²) in [6, 6.07) is 15.4. The number of carbonyl (C=O) groups excluding carboxylic acids is 1. The van der Waals surface area contributed by atoms with E-state index in [2.05, 4.69) is 10.3 Å². The highest BCUT2D eigenvalue weighted by Crippen LogP contribution is 2.33. The number of aromatic nitrogens is 1. The summed E-state index contributed by atoms with van der Waals surface area (Å²) < 4.78 is 0. The van der Waals surface area contributed by atoms with E-state index in [1.54, 1.807) is 5.38 Å². The van der Waals surface area contributed by atoms with Crippen molar-refractivity contribution in [1.82, 2.24) is 10.3 Å². The van der Waals surface area contributed by atoms with Crippen LogP contribution in [0.1, 0.15) is 20.9 Å². The minimum Gasteiger partial charge on any atom is -0.378 e. The molecule has 2 N–H and O–H groups in total. The highest BCUT2D eigenvalue weighted by molar-refractivity contribution is 7.13. The van der Waals surface area contributed by atoms with Crippen LogP contribution < -0.4 is 5.32 Å². The second-order valence-corrected chi connectivity index (χ2v) is 8.52. The molecule has 0 spiro atoms. The lowest BCUT2D eigenvalue weighted by atomic mass is 9.94. The predicted molar refractivity (Wildman–Crippen MR) is 112 cm³/mol. The lowest BCUT2D eigenvalue weighted by molar-refractivity contribution is 0.0718. The Bertz CT molecular complexity index is 975. The van der Waals surface area contributed by atoms with Crippen LogP contribution >= 0.6 is 34.0 Å². The summed E-state index contributed by atoms with van der Waals surface area (Å²) >= 11 is 4.41. The van der Waals surface area contributed by atoms with Crippen molar-refractivity contribution in [1.29, 1.82) is 0 Å². The van der Waals surface area contributed by atoms with E-state index in [9.17, 15) is 9.90 Å². The maximum Gasteiger partial charge on any atom is 0.270 e. The minimum absolute atomic E-state index is 0.0846. The van der Waals surface area contributed by atoms with E-state index in [4.69, 9.17) is 0 Å². The minimum atomic E-state index is -1.25. The Kier molecular flexibility index (Phi) is 5.18. The quantitative estimate of drug-likeness (QED) is 0.487. The molecule has 0 fully saturated rings. The Balaban J connectivity index is 1.52. The number of hydrogen-bond donors (Lipinski definition) is 2. The molecule has 1 atom stereocenters. The van der Waals surface area contributed by atoms with Crippen LogP contribution in [0.15, 0.2) is 70.1 Å². The molecule has 0 aliphatic heterocycles. The van der Waals surface area contributed by atoms with Gasteiger partial charge < -0.3 is 10.4 Å². The normalized spacial score (nSPS) is 13.2. The SMILES string of the molecule is O=C(NC[C@@](O)(c1ccsc1)c1cccs1)c1csc(-c2ccccc2)n1. The zero-order valence-corrected chi connectivity index (χ0v) is 16.6. The molecule has 27 heavy (non-hydrogen) atoms. The number of aliphatic hydroxyl groups is 1. The Labute approximate surface area is 168 Å². The van der Waals surface area contributed by atoms with Gasteiger partial charge in [-0.05, 0) is 28.3 Å². The first-order chi connectivity index (χ1) is 13.2. The molecular weight excluding hydrogens is 396 g/mol. The molecule has 4 rings (SSSR count). The van der Waals surface area contributed by atoms with Crippen LogP contribution in [-0.2, 0) is 5.60 Å². The molecule has 0 unspecified atom stereocenters. The van der Waals surface area contributed by atoms with Crippen LogP contribution in [0, 0.1) is 0 Å². The topological polar surface area (TPSA) is 62.2 Å². The maximum atomic E-state index is 12.6. The van der Waals surface area contributed by atoms with Crippen molar-refractivity contribution in [2.24, 2.45) is 0 Å². The molecule has 0 aliphatic carbocycles. The molecule has 4 aromatic rings. The highest BCUT2D eigenvalue weighted by atomic mass is 32.1. The third-order valence-corrected chi connectivity index (χ3v) is 6.79. The van der Waals surface area contributed by atoms with Crippen LogP contribution in [-0.4, -0.2) is 22.5 Å². The molecule has 0 saturated heterocycles. The third kappa shape index (κ3) is 3.72. The number of benzene rings is 1. The van der Waals surface area contributed by atoms with Gasteiger partial charge in [-0.15, -0.1) is 22.7 Å². The molecule has 1 amide bonds. The summed E-state index contributed by atoms with van der Waals surface area (Å²) in [7, 11) is 0. The zero-order valence-electron chi connectivity index (χ0n) is 14.2. The zero-order chi connectivity index (χ0) is 18.7. The van der Waals surface area contributed by atoms with Crippen LogP contribution in [0.2, 0.25) is 0 Å². The molecular formula is C20H16N2O2S3. The molecule has 4 nitrogen and oxygen atoms in total. The second kappa shape index (κ2) is 7.74. The molecule has 136 valence electrons. The van der Waals surface area contributed by atoms with E-state index >= 15 is 0 Å². The van der Waals surface area contributed by atoms with Crippen LogP contribution in [0.4, 0.5) is 0 Å². The number of amides is 1. The van der Waals surface area contributed by atoms with E-state index in [-0.39, 0.29) is 12.5 Å². The fourth-order valence-corrected chi connectivity index (χ4v) is 5.11. The van der Waals surface area contributed by atoms with Gasteiger partial charge in [0, 0.05) is 21.4 Å². The molecule has 0 bridgehead atoms. The van der Waals surface area contributed by atoms with E-state index in [1.165, 1.54) is 34.0 Å². The number of nitrogens with zero attached hydrogens (tertiary/aromatic N) is 1. The van der Waals surface area contributed by atoms with Gasteiger partial charge in [-0.25, -0.2) is 4.98 Å². The Morgan fingerprint density at radius 1 is 1.04 bits per heavy atom.